The summed E-state index contributed by atoms with van der Waals surface area (Å²) in [5.41, 5.74) is 6.46. The molecule has 6 heteroatoms. The first-order chi connectivity index (χ1) is 9.58. The lowest BCUT2D eigenvalue weighted by Crippen LogP contribution is -2.39. The molecule has 1 saturated heterocycles. The van der Waals surface area contributed by atoms with Crippen LogP contribution in [0, 0.1) is 5.92 Å². The lowest BCUT2D eigenvalue weighted by atomic mass is 9.92. The van der Waals surface area contributed by atoms with Gasteiger partial charge in [0.15, 0.2) is 5.69 Å². The first-order valence-corrected chi connectivity index (χ1v) is 6.79. The van der Waals surface area contributed by atoms with Crippen molar-refractivity contribution in [3.8, 4) is 0 Å². The van der Waals surface area contributed by atoms with E-state index in [1.54, 1.807) is 23.2 Å². The van der Waals surface area contributed by atoms with Crippen molar-refractivity contribution in [2.24, 2.45) is 5.92 Å². The number of carboxylic acid groups (broad SMARTS) is 1. The molecule has 1 aliphatic rings. The van der Waals surface area contributed by atoms with Crippen LogP contribution in [0.3, 0.4) is 0 Å². The Labute approximate surface area is 117 Å². The second kappa shape index (κ2) is 6.36. The standard InChI is InChI=1S/C14H19N3O3/c15-11-2-1-7-16-13(11)14(20)17-8-5-10(6-9-17)3-4-12(18)19/h1-2,7,10H,3-6,8-9,15H2,(H,18,19). The van der Waals surface area contributed by atoms with Gasteiger partial charge >= 0.3 is 5.97 Å². The number of aliphatic carboxylic acids is 1. The molecule has 20 heavy (non-hydrogen) atoms. The first-order valence-electron chi connectivity index (χ1n) is 6.79. The second-order valence-corrected chi connectivity index (χ2v) is 5.11. The maximum Gasteiger partial charge on any atom is 0.303 e. The summed E-state index contributed by atoms with van der Waals surface area (Å²) in [4.78, 5) is 28.6. The number of hydrogen-bond donors (Lipinski definition) is 2. The highest BCUT2D eigenvalue weighted by Crippen LogP contribution is 2.23. The van der Waals surface area contributed by atoms with Crippen molar-refractivity contribution in [3.05, 3.63) is 24.0 Å². The van der Waals surface area contributed by atoms with Gasteiger partial charge in [-0.15, -0.1) is 0 Å². The molecule has 1 fully saturated rings. The summed E-state index contributed by atoms with van der Waals surface area (Å²) in [6.07, 6.45) is 4.12. The zero-order valence-electron chi connectivity index (χ0n) is 11.3. The minimum Gasteiger partial charge on any atom is -0.481 e. The fourth-order valence-electron chi connectivity index (χ4n) is 2.50. The number of carbonyl (C=O) groups is 2. The van der Waals surface area contributed by atoms with Crippen LogP contribution in [0.5, 0.6) is 0 Å². The van der Waals surface area contributed by atoms with Gasteiger partial charge in [-0.25, -0.2) is 4.98 Å². The van der Waals surface area contributed by atoms with Gasteiger partial charge in [0.2, 0.25) is 0 Å². The highest BCUT2D eigenvalue weighted by molar-refractivity contribution is 5.97. The molecule has 1 aromatic rings. The Morgan fingerprint density at radius 1 is 1.40 bits per heavy atom. The third-order valence-electron chi connectivity index (χ3n) is 3.71. The van der Waals surface area contributed by atoms with E-state index in [1.807, 2.05) is 0 Å². The zero-order valence-corrected chi connectivity index (χ0v) is 11.3. The SMILES string of the molecule is Nc1cccnc1C(=O)N1CCC(CCC(=O)O)CC1. The second-order valence-electron chi connectivity index (χ2n) is 5.11. The van der Waals surface area contributed by atoms with Gasteiger partial charge in [0.1, 0.15) is 0 Å². The molecule has 6 nitrogen and oxygen atoms in total. The quantitative estimate of drug-likeness (QED) is 0.866. The van der Waals surface area contributed by atoms with Gasteiger partial charge in [0, 0.05) is 25.7 Å². The average molecular weight is 277 g/mol. The molecule has 0 atom stereocenters. The number of nitrogens with zero attached hydrogens (tertiary/aromatic N) is 2. The molecule has 0 aromatic carbocycles. The minimum atomic E-state index is -0.759. The predicted molar refractivity (Wildman–Crippen MR) is 74.1 cm³/mol. The van der Waals surface area contributed by atoms with E-state index in [9.17, 15) is 9.59 Å². The number of anilines is 1. The van der Waals surface area contributed by atoms with Crippen molar-refractivity contribution in [3.63, 3.8) is 0 Å². The Kier molecular flexibility index (Phi) is 4.55. The maximum absolute atomic E-state index is 12.3. The van der Waals surface area contributed by atoms with Gasteiger partial charge in [-0.2, -0.15) is 0 Å². The number of carboxylic acids is 1. The van der Waals surface area contributed by atoms with Crippen molar-refractivity contribution in [2.75, 3.05) is 18.8 Å². The summed E-state index contributed by atoms with van der Waals surface area (Å²) >= 11 is 0. The largest absolute Gasteiger partial charge is 0.481 e. The maximum atomic E-state index is 12.3. The summed E-state index contributed by atoms with van der Waals surface area (Å²) < 4.78 is 0. The Morgan fingerprint density at radius 3 is 2.70 bits per heavy atom. The zero-order chi connectivity index (χ0) is 14.5. The number of piperidine rings is 1. The van der Waals surface area contributed by atoms with Crippen LogP contribution in [-0.2, 0) is 4.79 Å². The number of carbonyl (C=O) groups excluding carboxylic acids is 1. The lowest BCUT2D eigenvalue weighted by Gasteiger charge is -2.31. The number of nitrogens with two attached hydrogens (primary N) is 1. The molecule has 1 aromatic heterocycles. The van der Waals surface area contributed by atoms with Gasteiger partial charge < -0.3 is 15.7 Å². The molecule has 2 heterocycles. The molecular weight excluding hydrogens is 258 g/mol. The molecule has 0 spiro atoms. The highest BCUT2D eigenvalue weighted by Gasteiger charge is 2.25. The van der Waals surface area contributed by atoms with Crippen LogP contribution < -0.4 is 5.73 Å². The van der Waals surface area contributed by atoms with Crippen molar-refractivity contribution < 1.29 is 14.7 Å². The summed E-state index contributed by atoms with van der Waals surface area (Å²) in [6, 6.07) is 3.37. The molecule has 2 rings (SSSR count). The molecule has 0 unspecified atom stereocenters. The fourth-order valence-corrected chi connectivity index (χ4v) is 2.50. The number of rotatable bonds is 4. The number of amides is 1. The van der Waals surface area contributed by atoms with E-state index in [0.29, 0.717) is 36.8 Å². The monoisotopic (exact) mass is 277 g/mol. The number of aromatic nitrogens is 1. The van der Waals surface area contributed by atoms with E-state index >= 15 is 0 Å². The van der Waals surface area contributed by atoms with Crippen LogP contribution in [0.25, 0.3) is 0 Å². The van der Waals surface area contributed by atoms with Crippen LogP contribution in [0.15, 0.2) is 18.3 Å². The van der Waals surface area contributed by atoms with E-state index in [-0.39, 0.29) is 12.3 Å². The molecular formula is C14H19N3O3. The highest BCUT2D eigenvalue weighted by atomic mass is 16.4. The minimum absolute atomic E-state index is 0.139. The first kappa shape index (κ1) is 14.3. The Morgan fingerprint density at radius 2 is 2.10 bits per heavy atom. The number of hydrogen-bond acceptors (Lipinski definition) is 4. The van der Waals surface area contributed by atoms with Gasteiger partial charge in [-0.3, -0.25) is 9.59 Å². The van der Waals surface area contributed by atoms with Crippen LogP contribution >= 0.6 is 0 Å². The van der Waals surface area contributed by atoms with Crippen molar-refractivity contribution >= 4 is 17.6 Å². The smallest absolute Gasteiger partial charge is 0.303 e. The van der Waals surface area contributed by atoms with Crippen molar-refractivity contribution in [1.82, 2.24) is 9.88 Å². The molecule has 1 aliphatic heterocycles. The third-order valence-corrected chi connectivity index (χ3v) is 3.71. The number of pyridine rings is 1. The molecule has 0 radical (unpaired) electrons. The third kappa shape index (κ3) is 3.46. The molecule has 0 saturated carbocycles. The van der Waals surface area contributed by atoms with E-state index in [1.165, 1.54) is 0 Å². The van der Waals surface area contributed by atoms with Gasteiger partial charge in [0.05, 0.1) is 5.69 Å². The van der Waals surface area contributed by atoms with Crippen LogP contribution in [-0.4, -0.2) is 40.0 Å². The fraction of sp³-hybridized carbons (Fsp3) is 0.500. The lowest BCUT2D eigenvalue weighted by molar-refractivity contribution is -0.137. The Hall–Kier alpha value is -2.11. The number of nitrogen functional groups attached to an aromatic ring is 1. The average Bonchev–Trinajstić information content (AvgIpc) is 2.45. The van der Waals surface area contributed by atoms with E-state index in [4.69, 9.17) is 10.8 Å². The molecule has 0 bridgehead atoms. The number of likely N-dealkylation sites (tertiary alicyclic amines) is 1. The van der Waals surface area contributed by atoms with Crippen LogP contribution in [0.4, 0.5) is 5.69 Å². The summed E-state index contributed by atoms with van der Waals surface area (Å²) in [7, 11) is 0. The van der Waals surface area contributed by atoms with Crippen molar-refractivity contribution in [2.45, 2.75) is 25.7 Å². The van der Waals surface area contributed by atoms with E-state index in [0.717, 1.165) is 12.8 Å². The summed E-state index contributed by atoms with van der Waals surface area (Å²) in [5, 5.41) is 8.68. The summed E-state index contributed by atoms with van der Waals surface area (Å²) in [6.45, 7) is 1.28. The molecule has 3 N–H and O–H groups in total. The van der Waals surface area contributed by atoms with Gasteiger partial charge in [-0.1, -0.05) is 0 Å². The van der Waals surface area contributed by atoms with Crippen molar-refractivity contribution in [1.29, 1.82) is 0 Å². The normalized spacial score (nSPS) is 16.1. The Bertz CT molecular complexity index is 496. The van der Waals surface area contributed by atoms with Gasteiger partial charge in [-0.05, 0) is 37.3 Å². The van der Waals surface area contributed by atoms with Gasteiger partial charge in [0.25, 0.3) is 5.91 Å². The summed E-state index contributed by atoms with van der Waals surface area (Å²) in [5.74, 6) is -0.513. The predicted octanol–water partition coefficient (Wildman–Crippen LogP) is 1.38. The van der Waals surface area contributed by atoms with E-state index in [2.05, 4.69) is 4.98 Å². The van der Waals surface area contributed by atoms with Crippen LogP contribution in [0.2, 0.25) is 0 Å². The topological polar surface area (TPSA) is 96.5 Å². The molecule has 108 valence electrons. The van der Waals surface area contributed by atoms with Crippen LogP contribution in [0.1, 0.15) is 36.2 Å². The Balaban J connectivity index is 1.89. The molecule has 0 aliphatic carbocycles. The molecule has 1 amide bonds. The van der Waals surface area contributed by atoms with E-state index < -0.39 is 5.97 Å².